The van der Waals surface area contributed by atoms with Crippen LogP contribution in [0.15, 0.2) is 66.3 Å². The van der Waals surface area contributed by atoms with E-state index in [2.05, 4.69) is 0 Å². The minimum atomic E-state index is -1.12. The number of allylic oxidation sites excluding steroid dienone is 2. The molecule has 0 aliphatic rings. The molecule has 0 heterocycles. The van der Waals surface area contributed by atoms with Gasteiger partial charge in [-0.25, -0.2) is 19.2 Å². The van der Waals surface area contributed by atoms with E-state index in [9.17, 15) is 29.4 Å². The highest BCUT2D eigenvalue weighted by atomic mass is 16.6. The summed E-state index contributed by atoms with van der Waals surface area (Å²) in [7, 11) is 3.13. The maximum Gasteiger partial charge on any atom is 0.345 e. The van der Waals surface area contributed by atoms with E-state index in [4.69, 9.17) is 37.9 Å². The summed E-state index contributed by atoms with van der Waals surface area (Å²) in [4.78, 5) is 48.9. The number of hydrogen-bond acceptors (Lipinski definition) is 12. The molecule has 0 unspecified atom stereocenters. The fraction of sp³-hybridized carbons (Fsp3) is 0.412. The quantitative estimate of drug-likeness (QED) is 0.0392. The number of carboxylic acid groups (broad SMARTS) is 2. The number of rotatable bonds is 25. The fourth-order valence-electron chi connectivity index (χ4n) is 3.80. The molecule has 0 radical (unpaired) electrons. The Morgan fingerprint density at radius 1 is 0.479 bits per heavy atom. The second kappa shape index (κ2) is 23.8. The normalized spacial score (nSPS) is 10.6. The average molecular weight is 675 g/mol. The molecule has 0 aliphatic heterocycles. The van der Waals surface area contributed by atoms with E-state index in [1.165, 1.54) is 36.4 Å². The lowest BCUT2D eigenvalue weighted by Crippen LogP contribution is -2.22. The Labute approximate surface area is 278 Å². The van der Waals surface area contributed by atoms with Crippen molar-refractivity contribution in [2.75, 3.05) is 93.5 Å². The summed E-state index contributed by atoms with van der Waals surface area (Å²) >= 11 is 0. The van der Waals surface area contributed by atoms with Gasteiger partial charge in [-0.15, -0.1) is 0 Å². The van der Waals surface area contributed by atoms with Crippen LogP contribution in [0.3, 0.4) is 0 Å². The van der Waals surface area contributed by atoms with Crippen LogP contribution in [0, 0.1) is 0 Å². The van der Waals surface area contributed by atoms with E-state index < -0.39 is 29.5 Å². The van der Waals surface area contributed by atoms with Crippen molar-refractivity contribution in [1.29, 1.82) is 0 Å². The highest BCUT2D eigenvalue weighted by Gasteiger charge is 2.21. The Bertz CT molecular complexity index is 1240. The molecule has 0 bridgehead atoms. The Hall–Kier alpha value is -4.44. The number of carbonyl (C=O) groups excluding carboxylic acids is 2. The standard InChI is InChI=1S/C34H42O14/c1-41-13-15-43-17-19-45-21-23-47-33(39)30(34(40)48-24-22-46-20-18-44-16-14-42-2)12-11-29(25-3-7-27(8-4-25)31(35)36)26-5-9-28(10-6-26)32(37)38/h3-12H,13-24H2,1-2H3,(H,35,36)(H,37,38). The van der Waals surface area contributed by atoms with Gasteiger partial charge < -0.3 is 48.1 Å². The van der Waals surface area contributed by atoms with Gasteiger partial charge in [0.1, 0.15) is 18.8 Å². The van der Waals surface area contributed by atoms with Gasteiger partial charge in [-0.05, 0) is 47.0 Å². The first-order valence-corrected chi connectivity index (χ1v) is 15.0. The number of aromatic carboxylic acids is 2. The SMILES string of the molecule is COCCOCCOCCOC(=O)C(=CC=C(c1ccc(C(=O)O)cc1)c1ccc(C(=O)O)cc1)C(=O)OCCOCCOCCOC. The molecule has 0 fully saturated rings. The van der Waals surface area contributed by atoms with Gasteiger partial charge in [0.15, 0.2) is 0 Å². The fourth-order valence-corrected chi connectivity index (χ4v) is 3.80. The van der Waals surface area contributed by atoms with Crippen molar-refractivity contribution in [3.63, 3.8) is 0 Å². The third kappa shape index (κ3) is 15.4. The molecule has 2 aromatic carbocycles. The van der Waals surface area contributed by atoms with Crippen molar-refractivity contribution >= 4 is 29.5 Å². The van der Waals surface area contributed by atoms with Crippen LogP contribution >= 0.6 is 0 Å². The second-order valence-electron chi connectivity index (χ2n) is 9.63. The van der Waals surface area contributed by atoms with Crippen molar-refractivity contribution in [2.45, 2.75) is 0 Å². The number of benzene rings is 2. The minimum Gasteiger partial charge on any atom is -0.478 e. The number of carbonyl (C=O) groups is 4. The van der Waals surface area contributed by atoms with Gasteiger partial charge in [0.25, 0.3) is 0 Å². The van der Waals surface area contributed by atoms with E-state index in [-0.39, 0.29) is 50.8 Å². The van der Waals surface area contributed by atoms with Gasteiger partial charge in [0.2, 0.25) is 0 Å². The second-order valence-corrected chi connectivity index (χ2v) is 9.63. The predicted octanol–water partition coefficient (Wildman–Crippen LogP) is 2.89. The molecule has 262 valence electrons. The van der Waals surface area contributed by atoms with Gasteiger partial charge in [0.05, 0.1) is 77.2 Å². The summed E-state index contributed by atoms with van der Waals surface area (Å²) < 4.78 is 41.7. The molecule has 14 nitrogen and oxygen atoms in total. The van der Waals surface area contributed by atoms with E-state index in [0.717, 1.165) is 0 Å². The van der Waals surface area contributed by atoms with E-state index in [0.29, 0.717) is 56.3 Å². The molecule has 0 aliphatic carbocycles. The Kier molecular flexibility index (Phi) is 19.7. The van der Waals surface area contributed by atoms with Crippen molar-refractivity contribution in [3.8, 4) is 0 Å². The largest absolute Gasteiger partial charge is 0.478 e. The summed E-state index contributed by atoms with van der Waals surface area (Å²) in [6.07, 6.45) is 2.69. The first-order valence-electron chi connectivity index (χ1n) is 15.0. The van der Waals surface area contributed by atoms with Crippen LogP contribution in [0.4, 0.5) is 0 Å². The lowest BCUT2D eigenvalue weighted by atomic mass is 9.95. The third-order valence-corrected chi connectivity index (χ3v) is 6.27. The Balaban J connectivity index is 2.23. The van der Waals surface area contributed by atoms with Gasteiger partial charge in [-0.2, -0.15) is 0 Å². The molecule has 0 saturated carbocycles. The average Bonchev–Trinajstić information content (AvgIpc) is 3.08. The number of ether oxygens (including phenoxy) is 8. The summed E-state index contributed by atoms with van der Waals surface area (Å²) in [5, 5.41) is 18.6. The molecule has 2 aromatic rings. The zero-order valence-electron chi connectivity index (χ0n) is 27.1. The summed E-state index contributed by atoms with van der Waals surface area (Å²) in [5.74, 6) is -4.16. The van der Waals surface area contributed by atoms with Gasteiger partial charge in [0, 0.05) is 14.2 Å². The Morgan fingerprint density at radius 3 is 1.12 bits per heavy atom. The topological polar surface area (TPSA) is 183 Å². The summed E-state index contributed by atoms with van der Waals surface area (Å²) in [6, 6.07) is 11.8. The zero-order chi connectivity index (χ0) is 35.0. The molecular formula is C34H42O14. The van der Waals surface area contributed by atoms with Crippen LogP contribution in [-0.2, 0) is 47.5 Å². The van der Waals surface area contributed by atoms with Crippen LogP contribution in [0.2, 0.25) is 0 Å². The van der Waals surface area contributed by atoms with Gasteiger partial charge >= 0.3 is 23.9 Å². The number of methoxy groups -OCH3 is 2. The van der Waals surface area contributed by atoms with Crippen LogP contribution < -0.4 is 0 Å². The molecule has 14 heteroatoms. The van der Waals surface area contributed by atoms with Crippen LogP contribution in [0.1, 0.15) is 31.8 Å². The number of esters is 2. The van der Waals surface area contributed by atoms with E-state index in [1.54, 1.807) is 38.5 Å². The zero-order valence-corrected chi connectivity index (χ0v) is 27.1. The molecular weight excluding hydrogens is 632 g/mol. The van der Waals surface area contributed by atoms with E-state index >= 15 is 0 Å². The molecule has 2 rings (SSSR count). The molecule has 0 amide bonds. The van der Waals surface area contributed by atoms with Gasteiger partial charge in [-0.3, -0.25) is 0 Å². The molecule has 2 N–H and O–H groups in total. The highest BCUT2D eigenvalue weighted by molar-refractivity contribution is 6.14. The molecule has 0 saturated heterocycles. The molecule has 48 heavy (non-hydrogen) atoms. The lowest BCUT2D eigenvalue weighted by Gasteiger charge is -2.11. The van der Waals surface area contributed by atoms with Crippen molar-refractivity contribution in [2.24, 2.45) is 0 Å². The molecule has 0 atom stereocenters. The molecule has 0 spiro atoms. The predicted molar refractivity (Wildman–Crippen MR) is 171 cm³/mol. The van der Waals surface area contributed by atoms with Gasteiger partial charge in [-0.1, -0.05) is 30.3 Å². The highest BCUT2D eigenvalue weighted by Crippen LogP contribution is 2.25. The minimum absolute atomic E-state index is 0.0505. The van der Waals surface area contributed by atoms with Crippen molar-refractivity contribution in [1.82, 2.24) is 0 Å². The van der Waals surface area contributed by atoms with Crippen molar-refractivity contribution < 1.29 is 67.3 Å². The smallest absolute Gasteiger partial charge is 0.345 e. The first kappa shape index (κ1) is 39.7. The lowest BCUT2D eigenvalue weighted by molar-refractivity contribution is -0.149. The maximum absolute atomic E-state index is 13.1. The Morgan fingerprint density at radius 2 is 0.792 bits per heavy atom. The summed E-state index contributed by atoms with van der Waals surface area (Å²) in [6.45, 7) is 2.70. The monoisotopic (exact) mass is 674 g/mol. The van der Waals surface area contributed by atoms with Crippen LogP contribution in [-0.4, -0.2) is 128 Å². The van der Waals surface area contributed by atoms with E-state index in [1.807, 2.05) is 0 Å². The summed E-state index contributed by atoms with van der Waals surface area (Å²) in [5.41, 5.74) is 1.19. The van der Waals surface area contributed by atoms with Crippen molar-refractivity contribution in [3.05, 3.63) is 88.5 Å². The number of hydrogen-bond donors (Lipinski definition) is 2. The van der Waals surface area contributed by atoms with Crippen LogP contribution in [0.25, 0.3) is 5.57 Å². The first-order chi connectivity index (χ1) is 23.3. The molecule has 0 aromatic heterocycles. The van der Waals surface area contributed by atoms with Crippen LogP contribution in [0.5, 0.6) is 0 Å². The third-order valence-electron chi connectivity index (χ3n) is 6.27. The maximum atomic E-state index is 13.1. The number of carboxylic acids is 2.